The normalized spacial score (nSPS) is 14.0. The molecule has 1 fully saturated rings. The van der Waals surface area contributed by atoms with E-state index in [0.29, 0.717) is 75.4 Å². The standard InChI is InChI=1S/C42H60N10O6/c1-2-3-26-57-41-49-38(43)37-39(50-41)52(42(56)48-37)28-33-17-15-32(16-18-33)27-51-24-20-31(21-25-51)19-23-46-40(55)34(13-7-8-22-45-36(54)29-58-44)47-35(53)14-9-12-30-10-5-4-6-11-30/h4-6,10-11,15-18,31,34H,2-3,7-9,12-14,19-29,44H2,1H3,(H,45,54)(H,46,55)(H,47,53)(H,48,56)(H2,43,49,50). The molecule has 0 saturated carbocycles. The zero-order valence-corrected chi connectivity index (χ0v) is 33.7. The van der Waals surface area contributed by atoms with E-state index in [1.165, 1.54) is 11.1 Å². The van der Waals surface area contributed by atoms with E-state index >= 15 is 0 Å². The van der Waals surface area contributed by atoms with Gasteiger partial charge in [0.25, 0.3) is 0 Å². The number of carbonyl (C=O) groups is 3. The van der Waals surface area contributed by atoms with Crippen LogP contribution in [0.1, 0.15) is 87.8 Å². The Labute approximate surface area is 339 Å². The second-order valence-electron chi connectivity index (χ2n) is 15.0. The van der Waals surface area contributed by atoms with Crippen molar-refractivity contribution in [2.45, 2.75) is 96.7 Å². The number of aromatic amines is 1. The molecule has 314 valence electrons. The molecule has 1 unspecified atom stereocenters. The Morgan fingerprint density at radius 1 is 0.897 bits per heavy atom. The summed E-state index contributed by atoms with van der Waals surface area (Å²) in [4.78, 5) is 68.9. The molecule has 8 N–H and O–H groups in total. The second-order valence-corrected chi connectivity index (χ2v) is 15.0. The number of carbonyl (C=O) groups excluding carboxylic acids is 3. The fourth-order valence-corrected chi connectivity index (χ4v) is 7.16. The van der Waals surface area contributed by atoms with Gasteiger partial charge in [-0.1, -0.05) is 67.9 Å². The van der Waals surface area contributed by atoms with Crippen molar-refractivity contribution in [3.8, 4) is 6.01 Å². The third-order valence-corrected chi connectivity index (χ3v) is 10.5. The van der Waals surface area contributed by atoms with Gasteiger partial charge >= 0.3 is 11.7 Å². The lowest BCUT2D eigenvalue weighted by Gasteiger charge is -2.32. The molecular weight excluding hydrogens is 741 g/mol. The zero-order chi connectivity index (χ0) is 41.1. The number of rotatable bonds is 24. The number of unbranched alkanes of at least 4 members (excludes halogenated alkanes) is 2. The van der Waals surface area contributed by atoms with Gasteiger partial charge in [0.05, 0.1) is 13.2 Å². The van der Waals surface area contributed by atoms with Gasteiger partial charge in [0, 0.05) is 26.1 Å². The maximum absolute atomic E-state index is 13.3. The SMILES string of the molecule is CCCCOc1nc(N)c2[nH]c(=O)n(Cc3ccc(CN4CCC(CCNC(=O)C(CCCCNC(=O)CON)NC(=O)CCCc5ccccc5)CC4)cc3)c2n1. The van der Waals surface area contributed by atoms with Gasteiger partial charge in [0.1, 0.15) is 18.2 Å². The molecule has 1 aliphatic rings. The summed E-state index contributed by atoms with van der Waals surface area (Å²) in [5, 5.41) is 8.77. The fourth-order valence-electron chi connectivity index (χ4n) is 7.16. The summed E-state index contributed by atoms with van der Waals surface area (Å²) in [6, 6.07) is 17.8. The van der Waals surface area contributed by atoms with Crippen LogP contribution in [0, 0.1) is 5.92 Å². The summed E-state index contributed by atoms with van der Waals surface area (Å²) in [6.07, 6.45) is 8.39. The van der Waals surface area contributed by atoms with Gasteiger partial charge in [0.2, 0.25) is 17.7 Å². The van der Waals surface area contributed by atoms with E-state index in [-0.39, 0.29) is 41.8 Å². The molecule has 1 atom stereocenters. The molecule has 0 radical (unpaired) electrons. The van der Waals surface area contributed by atoms with Crippen LogP contribution in [0.5, 0.6) is 6.01 Å². The minimum absolute atomic E-state index is 0.140. The lowest BCUT2D eigenvalue weighted by atomic mass is 9.93. The number of nitrogens with zero attached hydrogens (tertiary/aromatic N) is 4. The minimum Gasteiger partial charge on any atom is -0.463 e. The molecule has 3 heterocycles. The summed E-state index contributed by atoms with van der Waals surface area (Å²) in [6.45, 7) is 6.41. The molecule has 1 aliphatic heterocycles. The smallest absolute Gasteiger partial charge is 0.328 e. The van der Waals surface area contributed by atoms with Crippen molar-refractivity contribution in [3.63, 3.8) is 0 Å². The van der Waals surface area contributed by atoms with E-state index in [1.54, 1.807) is 4.57 Å². The van der Waals surface area contributed by atoms with Gasteiger partial charge in [-0.2, -0.15) is 9.97 Å². The highest BCUT2D eigenvalue weighted by molar-refractivity contribution is 5.87. The van der Waals surface area contributed by atoms with Gasteiger partial charge in [-0.3, -0.25) is 28.7 Å². The lowest BCUT2D eigenvalue weighted by molar-refractivity contribution is -0.129. The van der Waals surface area contributed by atoms with Crippen molar-refractivity contribution in [2.75, 3.05) is 45.1 Å². The lowest BCUT2D eigenvalue weighted by Crippen LogP contribution is -2.47. The van der Waals surface area contributed by atoms with Crippen molar-refractivity contribution in [3.05, 3.63) is 81.8 Å². The number of ether oxygens (including phenoxy) is 1. The maximum atomic E-state index is 13.3. The van der Waals surface area contributed by atoms with E-state index in [4.69, 9.17) is 16.4 Å². The van der Waals surface area contributed by atoms with Crippen molar-refractivity contribution in [1.29, 1.82) is 0 Å². The Bertz CT molecular complexity index is 1940. The number of nitrogens with two attached hydrogens (primary N) is 2. The number of aromatic nitrogens is 4. The molecule has 2 aromatic carbocycles. The Balaban J connectivity index is 1.04. The van der Waals surface area contributed by atoms with Gasteiger partial charge in [0.15, 0.2) is 11.5 Å². The van der Waals surface area contributed by atoms with E-state index in [1.807, 2.05) is 42.5 Å². The predicted molar refractivity (Wildman–Crippen MR) is 222 cm³/mol. The quantitative estimate of drug-likeness (QED) is 0.0445. The Morgan fingerprint density at radius 2 is 1.64 bits per heavy atom. The summed E-state index contributed by atoms with van der Waals surface area (Å²) in [5.74, 6) is 5.02. The van der Waals surface area contributed by atoms with Crippen molar-refractivity contribution >= 4 is 34.7 Å². The number of hydrogen-bond acceptors (Lipinski definition) is 11. The zero-order valence-electron chi connectivity index (χ0n) is 33.7. The van der Waals surface area contributed by atoms with Crippen LogP contribution in [0.2, 0.25) is 0 Å². The number of aryl methyl sites for hydroxylation is 1. The van der Waals surface area contributed by atoms with Crippen LogP contribution in [-0.4, -0.2) is 87.6 Å². The van der Waals surface area contributed by atoms with Crippen LogP contribution in [0.25, 0.3) is 11.2 Å². The largest absolute Gasteiger partial charge is 0.463 e. The maximum Gasteiger partial charge on any atom is 0.328 e. The minimum atomic E-state index is -0.639. The molecule has 1 saturated heterocycles. The first kappa shape index (κ1) is 43.8. The van der Waals surface area contributed by atoms with Crippen LogP contribution in [0.4, 0.5) is 5.82 Å². The topological polar surface area (TPSA) is 225 Å². The average molecular weight is 801 g/mol. The van der Waals surface area contributed by atoms with E-state index in [9.17, 15) is 19.2 Å². The molecular formula is C42H60N10O6. The summed E-state index contributed by atoms with van der Waals surface area (Å²) < 4.78 is 7.22. The Morgan fingerprint density at radius 3 is 2.36 bits per heavy atom. The Kier molecular flexibility index (Phi) is 17.5. The van der Waals surface area contributed by atoms with Crippen LogP contribution in [0.15, 0.2) is 59.4 Å². The number of hydrogen-bond donors (Lipinski definition) is 6. The molecule has 0 aliphatic carbocycles. The summed E-state index contributed by atoms with van der Waals surface area (Å²) in [5.41, 5.74) is 9.96. The van der Waals surface area contributed by atoms with Gasteiger partial charge in [-0.15, -0.1) is 0 Å². The van der Waals surface area contributed by atoms with Crippen LogP contribution < -0.4 is 38.0 Å². The van der Waals surface area contributed by atoms with Crippen LogP contribution in [0.3, 0.4) is 0 Å². The number of nitrogen functional groups attached to an aromatic ring is 1. The molecule has 5 rings (SSSR count). The summed E-state index contributed by atoms with van der Waals surface area (Å²) in [7, 11) is 0. The van der Waals surface area contributed by atoms with Gasteiger partial charge in [-0.05, 0) is 93.5 Å². The number of likely N-dealkylation sites (tertiary alicyclic amines) is 1. The second kappa shape index (κ2) is 23.2. The van der Waals surface area contributed by atoms with Crippen molar-refractivity contribution in [2.24, 2.45) is 11.8 Å². The number of benzene rings is 2. The van der Waals surface area contributed by atoms with Gasteiger partial charge in [-0.25, -0.2) is 10.7 Å². The van der Waals surface area contributed by atoms with E-state index in [2.05, 4.69) is 59.7 Å². The summed E-state index contributed by atoms with van der Waals surface area (Å²) >= 11 is 0. The third-order valence-electron chi connectivity index (χ3n) is 10.5. The molecule has 16 nitrogen and oxygen atoms in total. The third kappa shape index (κ3) is 14.0. The first-order valence-electron chi connectivity index (χ1n) is 20.6. The van der Waals surface area contributed by atoms with Gasteiger partial charge < -0.3 is 31.4 Å². The molecule has 4 aromatic rings. The van der Waals surface area contributed by atoms with Crippen LogP contribution >= 0.6 is 0 Å². The molecule has 0 spiro atoms. The molecule has 58 heavy (non-hydrogen) atoms. The highest BCUT2D eigenvalue weighted by Gasteiger charge is 2.23. The van der Waals surface area contributed by atoms with Crippen molar-refractivity contribution < 1.29 is 24.0 Å². The highest BCUT2D eigenvalue weighted by atomic mass is 16.6. The average Bonchev–Trinajstić information content (AvgIpc) is 3.53. The number of nitrogens with one attached hydrogen (secondary N) is 4. The first-order chi connectivity index (χ1) is 28.2. The van der Waals surface area contributed by atoms with E-state index in [0.717, 1.165) is 63.7 Å². The monoisotopic (exact) mass is 800 g/mol. The fraction of sp³-hybridized carbons (Fsp3) is 0.524. The highest BCUT2D eigenvalue weighted by Crippen LogP contribution is 2.23. The molecule has 16 heteroatoms. The molecule has 3 amide bonds. The molecule has 2 aromatic heterocycles. The number of imidazole rings is 1. The van der Waals surface area contributed by atoms with E-state index < -0.39 is 6.04 Å². The van der Waals surface area contributed by atoms with Crippen molar-refractivity contribution in [1.82, 2.24) is 40.4 Å². The predicted octanol–water partition coefficient (Wildman–Crippen LogP) is 3.33. The number of amides is 3. The number of piperidine rings is 1. The first-order valence-corrected chi connectivity index (χ1v) is 20.6. The number of H-pyrrole nitrogens is 1. The Hall–Kier alpha value is -5.32. The number of fused-ring (bicyclic) bond motifs is 1. The van der Waals surface area contributed by atoms with Crippen LogP contribution in [-0.2, 0) is 38.7 Å². The number of anilines is 1. The molecule has 0 bridgehead atoms.